The predicted molar refractivity (Wildman–Crippen MR) is 96.8 cm³/mol. The summed E-state index contributed by atoms with van der Waals surface area (Å²) in [5.74, 6) is 1.10. The van der Waals surface area contributed by atoms with Crippen molar-refractivity contribution in [3.8, 4) is 11.5 Å². The Hall–Kier alpha value is -1.80. The smallest absolute Gasteiger partial charge is 0.246 e. The molecular weight excluding hydrogens is 356 g/mol. The Morgan fingerprint density at radius 3 is 2.27 bits per heavy atom. The van der Waals surface area contributed by atoms with Gasteiger partial charge in [0.15, 0.2) is 0 Å². The number of benzene rings is 1. The zero-order valence-electron chi connectivity index (χ0n) is 15.3. The van der Waals surface area contributed by atoms with Gasteiger partial charge in [-0.05, 0) is 25.0 Å². The van der Waals surface area contributed by atoms with Gasteiger partial charge in [-0.15, -0.1) is 0 Å². The molecule has 0 atom stereocenters. The number of carbonyl (C=O) groups excluding carboxylic acids is 1. The van der Waals surface area contributed by atoms with Crippen LogP contribution in [0.3, 0.4) is 0 Å². The first-order valence-corrected chi connectivity index (χ1v) is 10.4. The Labute approximate surface area is 154 Å². The molecule has 2 fully saturated rings. The summed E-state index contributed by atoms with van der Waals surface area (Å²) < 4.78 is 37.8. The third-order valence-electron chi connectivity index (χ3n) is 5.24. The molecule has 1 saturated heterocycles. The number of piperazine rings is 1. The van der Waals surface area contributed by atoms with E-state index in [2.05, 4.69) is 0 Å². The maximum Gasteiger partial charge on any atom is 0.246 e. The summed E-state index contributed by atoms with van der Waals surface area (Å²) in [7, 11) is -0.729. The molecule has 2 aliphatic rings. The minimum absolute atomic E-state index is 0.122. The number of hydrogen-bond donors (Lipinski definition) is 0. The van der Waals surface area contributed by atoms with Crippen LogP contribution in [0, 0.1) is 5.92 Å². The van der Waals surface area contributed by atoms with E-state index >= 15 is 0 Å². The Balaban J connectivity index is 1.71. The van der Waals surface area contributed by atoms with Crippen molar-refractivity contribution in [2.45, 2.75) is 30.6 Å². The van der Waals surface area contributed by atoms with Gasteiger partial charge in [-0.1, -0.05) is 12.8 Å². The molecule has 26 heavy (non-hydrogen) atoms. The van der Waals surface area contributed by atoms with E-state index in [-0.39, 0.29) is 22.5 Å². The molecule has 0 aromatic heterocycles. The number of nitrogens with zero attached hydrogens (tertiary/aromatic N) is 2. The summed E-state index contributed by atoms with van der Waals surface area (Å²) in [4.78, 5) is 14.5. The number of sulfonamides is 1. The summed E-state index contributed by atoms with van der Waals surface area (Å²) in [5, 5.41) is 0. The second-order valence-electron chi connectivity index (χ2n) is 6.73. The Kier molecular flexibility index (Phi) is 5.72. The molecule has 1 aromatic rings. The maximum absolute atomic E-state index is 13.0. The van der Waals surface area contributed by atoms with Crippen LogP contribution < -0.4 is 9.47 Å². The second-order valence-corrected chi connectivity index (χ2v) is 8.63. The molecule has 0 bridgehead atoms. The fourth-order valence-electron chi connectivity index (χ4n) is 3.71. The lowest BCUT2D eigenvalue weighted by atomic mass is 10.1. The first kappa shape index (κ1) is 19.0. The molecule has 1 heterocycles. The van der Waals surface area contributed by atoms with Gasteiger partial charge >= 0.3 is 0 Å². The quantitative estimate of drug-likeness (QED) is 0.775. The molecule has 1 amide bonds. The number of carbonyl (C=O) groups is 1. The van der Waals surface area contributed by atoms with Crippen LogP contribution in [0.5, 0.6) is 11.5 Å². The molecule has 7 nitrogen and oxygen atoms in total. The minimum atomic E-state index is -3.68. The lowest BCUT2D eigenvalue weighted by Crippen LogP contribution is -2.51. The summed E-state index contributed by atoms with van der Waals surface area (Å²) in [6.07, 6.45) is 4.14. The zero-order chi connectivity index (χ0) is 18.7. The van der Waals surface area contributed by atoms with Crippen molar-refractivity contribution in [3.05, 3.63) is 18.2 Å². The molecule has 8 heteroatoms. The van der Waals surface area contributed by atoms with E-state index in [0.717, 1.165) is 25.7 Å². The third-order valence-corrected chi connectivity index (χ3v) is 7.18. The molecule has 1 aromatic carbocycles. The van der Waals surface area contributed by atoms with Crippen molar-refractivity contribution in [3.63, 3.8) is 0 Å². The number of ether oxygens (including phenoxy) is 2. The highest BCUT2D eigenvalue weighted by molar-refractivity contribution is 7.89. The van der Waals surface area contributed by atoms with E-state index < -0.39 is 10.0 Å². The van der Waals surface area contributed by atoms with Crippen LogP contribution in [-0.2, 0) is 14.8 Å². The number of amides is 1. The first-order chi connectivity index (χ1) is 12.5. The molecule has 1 aliphatic heterocycles. The van der Waals surface area contributed by atoms with Gasteiger partial charge in [-0.25, -0.2) is 8.42 Å². The monoisotopic (exact) mass is 382 g/mol. The van der Waals surface area contributed by atoms with Gasteiger partial charge in [-0.3, -0.25) is 4.79 Å². The normalized spacial score (nSPS) is 19.5. The predicted octanol–water partition coefficient (Wildman–Crippen LogP) is 1.73. The molecule has 144 valence electrons. The van der Waals surface area contributed by atoms with E-state index in [1.165, 1.54) is 24.6 Å². The van der Waals surface area contributed by atoms with Gasteiger partial charge in [-0.2, -0.15) is 4.31 Å². The van der Waals surface area contributed by atoms with Crippen LogP contribution >= 0.6 is 0 Å². The summed E-state index contributed by atoms with van der Waals surface area (Å²) in [6, 6.07) is 4.67. The molecule has 0 N–H and O–H groups in total. The molecule has 3 rings (SSSR count). The highest BCUT2D eigenvalue weighted by atomic mass is 32.2. The third kappa shape index (κ3) is 3.66. The highest BCUT2D eigenvalue weighted by Gasteiger charge is 2.34. The van der Waals surface area contributed by atoms with Crippen LogP contribution in [0.1, 0.15) is 25.7 Å². The average molecular weight is 382 g/mol. The van der Waals surface area contributed by atoms with E-state index in [4.69, 9.17) is 9.47 Å². The Morgan fingerprint density at radius 1 is 1.04 bits per heavy atom. The Bertz CT molecular complexity index is 751. The highest BCUT2D eigenvalue weighted by Crippen LogP contribution is 2.31. The van der Waals surface area contributed by atoms with Crippen molar-refractivity contribution < 1.29 is 22.7 Å². The van der Waals surface area contributed by atoms with Crippen molar-refractivity contribution in [1.29, 1.82) is 0 Å². The summed E-state index contributed by atoms with van der Waals surface area (Å²) in [6.45, 7) is 1.48. The van der Waals surface area contributed by atoms with Gasteiger partial charge in [0.05, 0.1) is 14.2 Å². The molecule has 1 aliphatic carbocycles. The van der Waals surface area contributed by atoms with Crippen LogP contribution in [-0.4, -0.2) is 63.9 Å². The number of rotatable bonds is 5. The van der Waals surface area contributed by atoms with E-state index in [1.54, 1.807) is 12.1 Å². The fourth-order valence-corrected chi connectivity index (χ4v) is 5.27. The lowest BCUT2D eigenvalue weighted by molar-refractivity contribution is -0.136. The van der Waals surface area contributed by atoms with Crippen molar-refractivity contribution >= 4 is 15.9 Å². The van der Waals surface area contributed by atoms with Gasteiger partial charge in [0, 0.05) is 38.2 Å². The van der Waals surface area contributed by atoms with Gasteiger partial charge in [0.1, 0.15) is 16.4 Å². The zero-order valence-corrected chi connectivity index (χ0v) is 16.1. The lowest BCUT2D eigenvalue weighted by Gasteiger charge is -2.35. The Morgan fingerprint density at radius 2 is 1.69 bits per heavy atom. The average Bonchev–Trinajstić information content (AvgIpc) is 3.21. The molecule has 1 saturated carbocycles. The van der Waals surface area contributed by atoms with Crippen LogP contribution in [0.2, 0.25) is 0 Å². The van der Waals surface area contributed by atoms with Gasteiger partial charge < -0.3 is 14.4 Å². The minimum Gasteiger partial charge on any atom is -0.497 e. The molecule has 0 unspecified atom stereocenters. The van der Waals surface area contributed by atoms with E-state index in [0.29, 0.717) is 31.9 Å². The number of hydrogen-bond acceptors (Lipinski definition) is 5. The van der Waals surface area contributed by atoms with Gasteiger partial charge in [0.25, 0.3) is 0 Å². The molecule has 0 radical (unpaired) electrons. The van der Waals surface area contributed by atoms with E-state index in [1.807, 2.05) is 4.90 Å². The van der Waals surface area contributed by atoms with Gasteiger partial charge in [0.2, 0.25) is 15.9 Å². The second kappa shape index (κ2) is 7.84. The van der Waals surface area contributed by atoms with Crippen molar-refractivity contribution in [2.75, 3.05) is 40.4 Å². The standard InChI is InChI=1S/C18H26N2O5S/c1-24-15-7-8-17(16(13-15)25-2)26(22,23)20-11-9-19(10-12-20)18(21)14-5-3-4-6-14/h7-8,13-14H,3-6,9-12H2,1-2H3. The maximum atomic E-state index is 13.0. The van der Waals surface area contributed by atoms with Crippen molar-refractivity contribution in [2.24, 2.45) is 5.92 Å². The SMILES string of the molecule is COc1ccc(S(=O)(=O)N2CCN(C(=O)C3CCCC3)CC2)c(OC)c1. The molecular formula is C18H26N2O5S. The first-order valence-electron chi connectivity index (χ1n) is 8.98. The van der Waals surface area contributed by atoms with Crippen LogP contribution in [0.25, 0.3) is 0 Å². The molecule has 0 spiro atoms. The topological polar surface area (TPSA) is 76.2 Å². The summed E-state index contributed by atoms with van der Waals surface area (Å²) >= 11 is 0. The number of methoxy groups -OCH3 is 2. The van der Waals surface area contributed by atoms with Crippen LogP contribution in [0.15, 0.2) is 23.1 Å². The fraction of sp³-hybridized carbons (Fsp3) is 0.611. The van der Waals surface area contributed by atoms with Crippen LogP contribution in [0.4, 0.5) is 0 Å². The summed E-state index contributed by atoms with van der Waals surface area (Å²) in [5.41, 5.74) is 0. The van der Waals surface area contributed by atoms with E-state index in [9.17, 15) is 13.2 Å². The van der Waals surface area contributed by atoms with Crippen molar-refractivity contribution in [1.82, 2.24) is 9.21 Å². The largest absolute Gasteiger partial charge is 0.497 e.